The second-order valence-corrected chi connectivity index (χ2v) is 4.66. The molecule has 0 atom stereocenters. The van der Waals surface area contributed by atoms with Crippen LogP contribution >= 0.6 is 24.4 Å². The molecular weight excluding hydrogens is 252 g/mol. The van der Waals surface area contributed by atoms with Crippen molar-refractivity contribution in [3.63, 3.8) is 0 Å². The maximum Gasteiger partial charge on any atom is 0.214 e. The molecule has 0 aliphatic carbocycles. The van der Waals surface area contributed by atoms with Crippen molar-refractivity contribution in [1.82, 2.24) is 20.2 Å². The van der Waals surface area contributed by atoms with Crippen LogP contribution in [0.15, 0.2) is 47.6 Å². The summed E-state index contributed by atoms with van der Waals surface area (Å²) in [6.07, 6.45) is 0. The van der Waals surface area contributed by atoms with Crippen LogP contribution in [0.25, 0.3) is 5.69 Å². The fourth-order valence-electron chi connectivity index (χ4n) is 1.21. The summed E-state index contributed by atoms with van der Waals surface area (Å²) in [7, 11) is 0. The molecule has 0 spiro atoms. The van der Waals surface area contributed by atoms with E-state index >= 15 is 0 Å². The van der Waals surface area contributed by atoms with Gasteiger partial charge < -0.3 is 0 Å². The van der Waals surface area contributed by atoms with Crippen molar-refractivity contribution < 1.29 is 0 Å². The Kier molecular flexibility index (Phi) is 4.22. The summed E-state index contributed by atoms with van der Waals surface area (Å²) >= 11 is 5.73. The minimum Gasteiger partial charge on any atom is -0.188 e. The lowest BCUT2D eigenvalue weighted by atomic mass is 10.3. The number of aromatic nitrogens is 4. The number of benzene rings is 1. The van der Waals surface area contributed by atoms with Gasteiger partial charge in [0.25, 0.3) is 0 Å². The van der Waals surface area contributed by atoms with Crippen LogP contribution in [0.2, 0.25) is 0 Å². The van der Waals surface area contributed by atoms with Gasteiger partial charge >= 0.3 is 0 Å². The molecule has 0 radical (unpaired) electrons. The van der Waals surface area contributed by atoms with E-state index in [4.69, 9.17) is 0 Å². The van der Waals surface area contributed by atoms with E-state index in [1.165, 1.54) is 0 Å². The summed E-state index contributed by atoms with van der Waals surface area (Å²) in [4.78, 5) is 0. The standard InChI is InChI=1S/C11H12N4S2/c1-9(7-16)8-17-11-12-13-14-15(11)10-5-3-2-4-6-10/h2-6,16H,1,7-8H2. The molecule has 2 aromatic rings. The Balaban J connectivity index is 2.15. The number of thioether (sulfide) groups is 1. The summed E-state index contributed by atoms with van der Waals surface area (Å²) in [5.41, 5.74) is 2.01. The van der Waals surface area contributed by atoms with Crippen molar-refractivity contribution in [2.45, 2.75) is 5.16 Å². The van der Waals surface area contributed by atoms with Gasteiger partial charge in [0.15, 0.2) is 0 Å². The van der Waals surface area contributed by atoms with E-state index in [-0.39, 0.29) is 0 Å². The molecule has 2 rings (SSSR count). The highest BCUT2D eigenvalue weighted by Gasteiger charge is 2.08. The molecule has 0 fully saturated rings. The fourth-order valence-corrected chi connectivity index (χ4v) is 2.27. The van der Waals surface area contributed by atoms with Crippen LogP contribution in [-0.2, 0) is 0 Å². The third kappa shape index (κ3) is 3.10. The average molecular weight is 264 g/mol. The van der Waals surface area contributed by atoms with Gasteiger partial charge in [0.2, 0.25) is 5.16 Å². The molecule has 4 nitrogen and oxygen atoms in total. The predicted molar refractivity (Wildman–Crippen MR) is 72.9 cm³/mol. The van der Waals surface area contributed by atoms with Gasteiger partial charge in [0.1, 0.15) is 0 Å². The summed E-state index contributed by atoms with van der Waals surface area (Å²) in [6, 6.07) is 9.81. The zero-order valence-electron chi connectivity index (χ0n) is 9.15. The average Bonchev–Trinajstić information content (AvgIpc) is 2.85. The first kappa shape index (κ1) is 12.2. The second kappa shape index (κ2) is 5.88. The predicted octanol–water partition coefficient (Wildman–Crippen LogP) is 2.24. The number of para-hydroxylation sites is 1. The minimum absolute atomic E-state index is 0.680. The van der Waals surface area contributed by atoms with Crippen LogP contribution in [0.1, 0.15) is 0 Å². The van der Waals surface area contributed by atoms with Crippen LogP contribution in [-0.4, -0.2) is 31.7 Å². The summed E-state index contributed by atoms with van der Waals surface area (Å²) < 4.78 is 1.72. The fraction of sp³-hybridized carbons (Fsp3) is 0.182. The third-order valence-electron chi connectivity index (χ3n) is 2.07. The highest BCUT2D eigenvalue weighted by Crippen LogP contribution is 2.19. The first-order valence-electron chi connectivity index (χ1n) is 5.05. The number of tetrazole rings is 1. The maximum atomic E-state index is 4.17. The Bertz CT molecular complexity index is 495. The molecule has 0 bridgehead atoms. The Morgan fingerprint density at radius 1 is 1.35 bits per heavy atom. The van der Waals surface area contributed by atoms with E-state index in [0.717, 1.165) is 22.2 Å². The monoisotopic (exact) mass is 264 g/mol. The Hall–Kier alpha value is -1.27. The summed E-state index contributed by atoms with van der Waals surface area (Å²) in [5, 5.41) is 12.4. The van der Waals surface area contributed by atoms with Crippen LogP contribution in [0, 0.1) is 0 Å². The number of nitrogens with zero attached hydrogens (tertiary/aromatic N) is 4. The number of rotatable bonds is 5. The van der Waals surface area contributed by atoms with E-state index in [0.29, 0.717) is 5.75 Å². The van der Waals surface area contributed by atoms with Gasteiger partial charge in [-0.3, -0.25) is 0 Å². The minimum atomic E-state index is 0.680. The lowest BCUT2D eigenvalue weighted by molar-refractivity contribution is 0.756. The SMILES string of the molecule is C=C(CS)CSc1nnnn1-c1ccccc1. The number of thiol groups is 1. The molecule has 88 valence electrons. The van der Waals surface area contributed by atoms with Gasteiger partial charge in [-0.1, -0.05) is 42.1 Å². The van der Waals surface area contributed by atoms with Crippen molar-refractivity contribution in [2.24, 2.45) is 0 Å². The Morgan fingerprint density at radius 2 is 2.12 bits per heavy atom. The highest BCUT2D eigenvalue weighted by molar-refractivity contribution is 7.99. The lowest BCUT2D eigenvalue weighted by Crippen LogP contribution is -1.99. The topological polar surface area (TPSA) is 43.6 Å². The Morgan fingerprint density at radius 3 is 2.82 bits per heavy atom. The Labute approximate surface area is 110 Å². The molecule has 0 aliphatic heterocycles. The maximum absolute atomic E-state index is 4.17. The summed E-state index contributed by atoms with van der Waals surface area (Å²) in [6.45, 7) is 3.90. The van der Waals surface area contributed by atoms with Gasteiger partial charge in [0.05, 0.1) is 5.69 Å². The van der Waals surface area contributed by atoms with Crippen LogP contribution < -0.4 is 0 Å². The largest absolute Gasteiger partial charge is 0.214 e. The zero-order valence-corrected chi connectivity index (χ0v) is 10.9. The molecule has 0 saturated heterocycles. The van der Waals surface area contributed by atoms with Crippen molar-refractivity contribution in [3.8, 4) is 5.69 Å². The third-order valence-corrected chi connectivity index (χ3v) is 3.58. The smallest absolute Gasteiger partial charge is 0.188 e. The van der Waals surface area contributed by atoms with Gasteiger partial charge in [-0.2, -0.15) is 17.3 Å². The number of hydrogen-bond acceptors (Lipinski definition) is 5. The first-order chi connectivity index (χ1) is 8.31. The van der Waals surface area contributed by atoms with E-state index in [9.17, 15) is 0 Å². The summed E-state index contributed by atoms with van der Waals surface area (Å²) in [5.74, 6) is 1.45. The quantitative estimate of drug-likeness (QED) is 0.511. The van der Waals surface area contributed by atoms with Crippen molar-refractivity contribution >= 4 is 24.4 Å². The van der Waals surface area contributed by atoms with Gasteiger partial charge in [-0.05, 0) is 22.6 Å². The lowest BCUT2D eigenvalue weighted by Gasteiger charge is -2.04. The zero-order chi connectivity index (χ0) is 12.1. The van der Waals surface area contributed by atoms with E-state index < -0.39 is 0 Å². The molecule has 1 aromatic carbocycles. The highest BCUT2D eigenvalue weighted by atomic mass is 32.2. The van der Waals surface area contributed by atoms with E-state index in [1.807, 2.05) is 30.3 Å². The molecule has 0 aliphatic rings. The van der Waals surface area contributed by atoms with Gasteiger partial charge in [0, 0.05) is 11.5 Å². The van der Waals surface area contributed by atoms with Gasteiger partial charge in [-0.25, -0.2) is 0 Å². The molecule has 0 amide bonds. The van der Waals surface area contributed by atoms with E-state index in [2.05, 4.69) is 34.7 Å². The molecule has 1 heterocycles. The van der Waals surface area contributed by atoms with Crippen LogP contribution in [0.3, 0.4) is 0 Å². The van der Waals surface area contributed by atoms with Crippen molar-refractivity contribution in [3.05, 3.63) is 42.5 Å². The molecule has 0 N–H and O–H groups in total. The molecule has 1 aromatic heterocycles. The normalized spacial score (nSPS) is 10.4. The first-order valence-corrected chi connectivity index (χ1v) is 6.67. The van der Waals surface area contributed by atoms with Gasteiger partial charge in [-0.15, -0.1) is 5.10 Å². The molecular formula is C11H12N4S2. The van der Waals surface area contributed by atoms with E-state index in [1.54, 1.807) is 16.4 Å². The molecule has 0 saturated carbocycles. The van der Waals surface area contributed by atoms with Crippen molar-refractivity contribution in [2.75, 3.05) is 11.5 Å². The number of hydrogen-bond donors (Lipinski definition) is 1. The second-order valence-electron chi connectivity index (χ2n) is 3.41. The van der Waals surface area contributed by atoms with Crippen LogP contribution in [0.5, 0.6) is 0 Å². The molecule has 17 heavy (non-hydrogen) atoms. The van der Waals surface area contributed by atoms with Crippen LogP contribution in [0.4, 0.5) is 0 Å². The molecule has 0 unspecified atom stereocenters. The van der Waals surface area contributed by atoms with Crippen molar-refractivity contribution in [1.29, 1.82) is 0 Å². The molecule has 6 heteroatoms.